The first kappa shape index (κ1) is 16.1. The summed E-state index contributed by atoms with van der Waals surface area (Å²) < 4.78 is 0. The molecule has 0 unspecified atom stereocenters. The van der Waals surface area contributed by atoms with Gasteiger partial charge in [0.05, 0.1) is 6.57 Å². The van der Waals surface area contributed by atoms with Gasteiger partial charge in [0.1, 0.15) is 23.0 Å². The summed E-state index contributed by atoms with van der Waals surface area (Å²) in [7, 11) is 2.12. The highest BCUT2D eigenvalue weighted by atomic mass is 16.3. The second-order valence-corrected chi connectivity index (χ2v) is 6.18. The van der Waals surface area contributed by atoms with Gasteiger partial charge in [-0.05, 0) is 51.1 Å². The van der Waals surface area contributed by atoms with Crippen molar-refractivity contribution < 1.29 is 5.11 Å². The van der Waals surface area contributed by atoms with E-state index < -0.39 is 0 Å². The zero-order valence-corrected chi connectivity index (χ0v) is 13.8. The van der Waals surface area contributed by atoms with Gasteiger partial charge in [-0.1, -0.05) is 0 Å². The van der Waals surface area contributed by atoms with E-state index in [2.05, 4.69) is 37.3 Å². The fourth-order valence-corrected chi connectivity index (χ4v) is 2.97. The van der Waals surface area contributed by atoms with Gasteiger partial charge < -0.3 is 15.3 Å². The van der Waals surface area contributed by atoms with Gasteiger partial charge in [-0.2, -0.15) is 0 Å². The zero-order valence-electron chi connectivity index (χ0n) is 13.8. The molecule has 1 fully saturated rings. The van der Waals surface area contributed by atoms with E-state index in [0.717, 1.165) is 30.9 Å². The molecule has 0 aromatic carbocycles. The van der Waals surface area contributed by atoms with Crippen LogP contribution in [0.2, 0.25) is 0 Å². The van der Waals surface area contributed by atoms with E-state index in [0.29, 0.717) is 23.1 Å². The smallest absolute Gasteiger partial charge is 0.208 e. The van der Waals surface area contributed by atoms with Gasteiger partial charge in [-0.25, -0.2) is 4.85 Å². The number of nitrogens with zero attached hydrogens (tertiary/aromatic N) is 5. The second-order valence-electron chi connectivity index (χ2n) is 6.18. The SMILES string of the molecule is [C-]#[N+]c1cnc(-c2nnc(N[C@@H]3CCCN(C)C3)cc2C)c(O)c1. The number of aryl methyl sites for hydroxylation is 1. The number of pyridine rings is 1. The van der Waals surface area contributed by atoms with Crippen molar-refractivity contribution in [2.45, 2.75) is 25.8 Å². The van der Waals surface area contributed by atoms with Crippen molar-refractivity contribution in [3.05, 3.63) is 35.3 Å². The first-order valence-corrected chi connectivity index (χ1v) is 7.93. The van der Waals surface area contributed by atoms with E-state index >= 15 is 0 Å². The Balaban J connectivity index is 1.81. The molecule has 0 aliphatic carbocycles. The molecule has 0 bridgehead atoms. The van der Waals surface area contributed by atoms with Gasteiger partial charge in [0.2, 0.25) is 5.69 Å². The standard InChI is InChI=1S/C17H20N6O/c1-11-7-15(20-12-5-4-6-23(3)10-12)21-22-16(11)17-14(24)8-13(18-2)9-19-17/h7-9,12,24H,4-6,10H2,1,3H3,(H,20,21)/t12-/m1/s1. The van der Waals surface area contributed by atoms with Crippen LogP contribution in [0.1, 0.15) is 18.4 Å². The lowest BCUT2D eigenvalue weighted by Crippen LogP contribution is -2.39. The zero-order chi connectivity index (χ0) is 17.1. The molecule has 0 saturated carbocycles. The van der Waals surface area contributed by atoms with Crippen LogP contribution >= 0.6 is 0 Å². The Bertz CT molecular complexity index is 785. The number of anilines is 1. The molecular weight excluding hydrogens is 304 g/mol. The number of rotatable bonds is 3. The van der Waals surface area contributed by atoms with Crippen LogP contribution in [0.15, 0.2) is 18.3 Å². The largest absolute Gasteiger partial charge is 0.507 e. The van der Waals surface area contributed by atoms with Crippen LogP contribution in [0.4, 0.5) is 11.5 Å². The highest BCUT2D eigenvalue weighted by Gasteiger charge is 2.18. The van der Waals surface area contributed by atoms with Crippen LogP contribution in [0.25, 0.3) is 16.2 Å². The second kappa shape index (κ2) is 6.81. The summed E-state index contributed by atoms with van der Waals surface area (Å²) in [6.07, 6.45) is 3.71. The quantitative estimate of drug-likeness (QED) is 0.845. The van der Waals surface area contributed by atoms with E-state index in [1.807, 2.05) is 13.0 Å². The monoisotopic (exact) mass is 324 g/mol. The average molecular weight is 324 g/mol. The van der Waals surface area contributed by atoms with Crippen LogP contribution in [0.3, 0.4) is 0 Å². The third kappa shape index (κ3) is 3.44. The first-order chi connectivity index (χ1) is 11.6. The first-order valence-electron chi connectivity index (χ1n) is 7.93. The summed E-state index contributed by atoms with van der Waals surface area (Å²) in [4.78, 5) is 9.70. The maximum absolute atomic E-state index is 10.1. The molecule has 3 heterocycles. The number of hydrogen-bond donors (Lipinski definition) is 2. The Kier molecular flexibility index (Phi) is 4.58. The fraction of sp³-hybridized carbons (Fsp3) is 0.412. The van der Waals surface area contributed by atoms with Gasteiger partial charge in [-0.3, -0.25) is 4.98 Å². The number of aromatic hydroxyl groups is 1. The van der Waals surface area contributed by atoms with Crippen molar-refractivity contribution in [1.82, 2.24) is 20.1 Å². The Morgan fingerprint density at radius 3 is 2.83 bits per heavy atom. The van der Waals surface area contributed by atoms with Crippen LogP contribution in [-0.2, 0) is 0 Å². The van der Waals surface area contributed by atoms with Crippen molar-refractivity contribution in [2.75, 3.05) is 25.5 Å². The normalized spacial score (nSPS) is 18.1. The Morgan fingerprint density at radius 1 is 1.33 bits per heavy atom. The Labute approximate surface area is 141 Å². The number of hydrogen-bond acceptors (Lipinski definition) is 6. The van der Waals surface area contributed by atoms with E-state index in [4.69, 9.17) is 6.57 Å². The van der Waals surface area contributed by atoms with Crippen molar-refractivity contribution in [2.24, 2.45) is 0 Å². The molecule has 124 valence electrons. The molecule has 1 saturated heterocycles. The van der Waals surface area contributed by atoms with E-state index in [9.17, 15) is 5.11 Å². The number of aromatic nitrogens is 3. The Morgan fingerprint density at radius 2 is 2.17 bits per heavy atom. The lowest BCUT2D eigenvalue weighted by atomic mass is 10.1. The summed E-state index contributed by atoms with van der Waals surface area (Å²) in [5.41, 5.74) is 2.03. The maximum Gasteiger partial charge on any atom is 0.208 e. The predicted octanol–water partition coefficient (Wildman–Crippen LogP) is 2.61. The van der Waals surface area contributed by atoms with Crippen LogP contribution in [-0.4, -0.2) is 51.4 Å². The molecule has 7 nitrogen and oxygen atoms in total. The minimum absolute atomic E-state index is 0.0597. The molecule has 1 atom stereocenters. The highest BCUT2D eigenvalue weighted by Crippen LogP contribution is 2.31. The van der Waals surface area contributed by atoms with Crippen LogP contribution < -0.4 is 5.32 Å². The third-order valence-electron chi connectivity index (χ3n) is 4.17. The van der Waals surface area contributed by atoms with Crippen molar-refractivity contribution in [1.29, 1.82) is 0 Å². The summed E-state index contributed by atoms with van der Waals surface area (Å²) in [6.45, 7) is 11.0. The lowest BCUT2D eigenvalue weighted by Gasteiger charge is -2.30. The molecule has 7 heteroatoms. The average Bonchev–Trinajstić information content (AvgIpc) is 2.55. The molecule has 0 spiro atoms. The molecule has 1 aliphatic rings. The van der Waals surface area contributed by atoms with Crippen molar-refractivity contribution >= 4 is 11.5 Å². The van der Waals surface area contributed by atoms with Gasteiger partial charge in [0, 0.05) is 18.8 Å². The molecule has 0 radical (unpaired) electrons. The van der Waals surface area contributed by atoms with Gasteiger partial charge in [0.15, 0.2) is 0 Å². The predicted molar refractivity (Wildman–Crippen MR) is 92.1 cm³/mol. The maximum atomic E-state index is 10.1. The van der Waals surface area contributed by atoms with Crippen LogP contribution in [0.5, 0.6) is 5.75 Å². The summed E-state index contributed by atoms with van der Waals surface area (Å²) in [6, 6.07) is 3.68. The molecule has 24 heavy (non-hydrogen) atoms. The summed E-state index contributed by atoms with van der Waals surface area (Å²) in [5.74, 6) is 0.671. The number of likely N-dealkylation sites (tertiary alicyclic amines) is 1. The number of piperidine rings is 1. The van der Waals surface area contributed by atoms with Crippen LogP contribution in [0, 0.1) is 13.5 Å². The van der Waals surface area contributed by atoms with E-state index in [1.165, 1.54) is 18.7 Å². The van der Waals surface area contributed by atoms with Crippen molar-refractivity contribution in [3.63, 3.8) is 0 Å². The van der Waals surface area contributed by atoms with E-state index in [-0.39, 0.29) is 5.75 Å². The highest BCUT2D eigenvalue weighted by molar-refractivity contribution is 5.68. The number of likely N-dealkylation sites (N-methyl/N-ethyl adjacent to an activating group) is 1. The Hall–Kier alpha value is -2.72. The molecule has 1 aliphatic heterocycles. The van der Waals surface area contributed by atoms with E-state index in [1.54, 1.807) is 0 Å². The number of nitrogens with one attached hydrogen (secondary N) is 1. The van der Waals surface area contributed by atoms with Gasteiger partial charge >= 0.3 is 0 Å². The summed E-state index contributed by atoms with van der Waals surface area (Å²) in [5, 5.41) is 21.9. The topological polar surface area (TPSA) is 78.5 Å². The lowest BCUT2D eigenvalue weighted by molar-refractivity contribution is 0.260. The molecule has 3 rings (SSSR count). The summed E-state index contributed by atoms with van der Waals surface area (Å²) >= 11 is 0. The molecule has 2 aromatic rings. The fourth-order valence-electron chi connectivity index (χ4n) is 2.97. The minimum atomic E-state index is -0.0597. The molecule has 2 N–H and O–H groups in total. The minimum Gasteiger partial charge on any atom is -0.507 e. The third-order valence-corrected chi connectivity index (χ3v) is 4.17. The van der Waals surface area contributed by atoms with Gasteiger partial charge in [0.25, 0.3) is 0 Å². The molecular formula is C17H20N6O. The molecule has 0 amide bonds. The van der Waals surface area contributed by atoms with Gasteiger partial charge in [-0.15, -0.1) is 10.2 Å². The van der Waals surface area contributed by atoms with Crippen molar-refractivity contribution in [3.8, 4) is 17.1 Å². The molecule has 2 aromatic heterocycles.